The molecule has 1 aromatic carbocycles. The van der Waals surface area contributed by atoms with E-state index in [0.29, 0.717) is 0 Å². The molecule has 0 bridgehead atoms. The fraction of sp³-hybridized carbons (Fsp3) is 0.647. The standard InChI is InChI=1S/C17H27NO2S/c1-17(2,3)15-10-5-6-11-16(15)18-13-8-7-9-14(12-13)21(4,19)20/h5-6,10-11,13-14,18H,7-9,12H2,1-4H3. The number of nitrogens with one attached hydrogen (secondary N) is 1. The summed E-state index contributed by atoms with van der Waals surface area (Å²) in [6.07, 6.45) is 4.91. The first kappa shape index (κ1) is 16.3. The molecule has 0 amide bonds. The van der Waals surface area contributed by atoms with Crippen molar-refractivity contribution in [3.05, 3.63) is 29.8 Å². The molecule has 1 aromatic rings. The Kier molecular flexibility index (Phi) is 4.66. The van der Waals surface area contributed by atoms with Gasteiger partial charge in [-0.2, -0.15) is 0 Å². The summed E-state index contributed by atoms with van der Waals surface area (Å²) < 4.78 is 23.6. The molecule has 118 valence electrons. The van der Waals surface area contributed by atoms with E-state index in [1.165, 1.54) is 11.8 Å². The Hall–Kier alpha value is -1.03. The Labute approximate surface area is 129 Å². The van der Waals surface area contributed by atoms with E-state index < -0.39 is 9.84 Å². The van der Waals surface area contributed by atoms with E-state index >= 15 is 0 Å². The van der Waals surface area contributed by atoms with Crippen LogP contribution in [0.2, 0.25) is 0 Å². The molecule has 2 rings (SSSR count). The Balaban J connectivity index is 2.16. The molecule has 21 heavy (non-hydrogen) atoms. The van der Waals surface area contributed by atoms with Crippen LogP contribution < -0.4 is 5.32 Å². The molecule has 2 atom stereocenters. The molecule has 1 saturated carbocycles. The zero-order valence-electron chi connectivity index (χ0n) is 13.5. The van der Waals surface area contributed by atoms with Gasteiger partial charge >= 0.3 is 0 Å². The Bertz CT molecular complexity index is 587. The lowest BCUT2D eigenvalue weighted by atomic mass is 9.85. The summed E-state index contributed by atoms with van der Waals surface area (Å²) in [4.78, 5) is 0. The van der Waals surface area contributed by atoms with Gasteiger partial charge in [0.1, 0.15) is 9.84 Å². The van der Waals surface area contributed by atoms with Gasteiger partial charge in [0.05, 0.1) is 5.25 Å². The molecule has 1 aliphatic carbocycles. The molecular weight excluding hydrogens is 282 g/mol. The third-order valence-corrected chi connectivity index (χ3v) is 5.97. The lowest BCUT2D eigenvalue weighted by Crippen LogP contribution is -2.34. The van der Waals surface area contributed by atoms with Crippen LogP contribution in [-0.2, 0) is 15.3 Å². The Morgan fingerprint density at radius 2 is 1.81 bits per heavy atom. The molecule has 0 spiro atoms. The van der Waals surface area contributed by atoms with E-state index in [-0.39, 0.29) is 16.7 Å². The first-order chi connectivity index (χ1) is 9.68. The van der Waals surface area contributed by atoms with Crippen LogP contribution in [0.1, 0.15) is 52.0 Å². The van der Waals surface area contributed by atoms with Gasteiger partial charge in [-0.05, 0) is 36.3 Å². The maximum Gasteiger partial charge on any atom is 0.150 e. The van der Waals surface area contributed by atoms with E-state index in [0.717, 1.165) is 31.4 Å². The Morgan fingerprint density at radius 1 is 1.14 bits per heavy atom. The van der Waals surface area contributed by atoms with E-state index in [9.17, 15) is 8.42 Å². The van der Waals surface area contributed by atoms with Crippen molar-refractivity contribution in [3.63, 3.8) is 0 Å². The second-order valence-electron chi connectivity index (χ2n) is 7.25. The number of anilines is 1. The van der Waals surface area contributed by atoms with Gasteiger partial charge in [0.15, 0.2) is 0 Å². The van der Waals surface area contributed by atoms with Crippen LogP contribution in [-0.4, -0.2) is 26.0 Å². The van der Waals surface area contributed by atoms with E-state index in [2.05, 4.69) is 44.3 Å². The molecule has 1 fully saturated rings. The van der Waals surface area contributed by atoms with Gasteiger partial charge in [0.25, 0.3) is 0 Å². The first-order valence-electron chi connectivity index (χ1n) is 7.73. The number of para-hydroxylation sites is 1. The summed E-state index contributed by atoms with van der Waals surface area (Å²) in [6.45, 7) is 6.61. The lowest BCUT2D eigenvalue weighted by Gasteiger charge is -2.31. The summed E-state index contributed by atoms with van der Waals surface area (Å²) in [5.41, 5.74) is 2.50. The minimum atomic E-state index is -2.93. The van der Waals surface area contributed by atoms with Crippen LogP contribution in [0, 0.1) is 0 Å². The van der Waals surface area contributed by atoms with Crippen molar-refractivity contribution >= 4 is 15.5 Å². The van der Waals surface area contributed by atoms with Crippen LogP contribution in [0.4, 0.5) is 5.69 Å². The molecule has 4 heteroatoms. The average molecular weight is 309 g/mol. The van der Waals surface area contributed by atoms with Gasteiger partial charge in [-0.1, -0.05) is 45.4 Å². The highest BCUT2D eigenvalue weighted by Crippen LogP contribution is 2.32. The van der Waals surface area contributed by atoms with Crippen LogP contribution in [0.5, 0.6) is 0 Å². The summed E-state index contributed by atoms with van der Waals surface area (Å²) in [5.74, 6) is 0. The van der Waals surface area contributed by atoms with Crippen molar-refractivity contribution in [1.82, 2.24) is 0 Å². The second-order valence-corrected chi connectivity index (χ2v) is 9.58. The van der Waals surface area contributed by atoms with Gasteiger partial charge in [-0.3, -0.25) is 0 Å². The highest BCUT2D eigenvalue weighted by molar-refractivity contribution is 7.91. The van der Waals surface area contributed by atoms with Crippen molar-refractivity contribution in [2.75, 3.05) is 11.6 Å². The van der Waals surface area contributed by atoms with Gasteiger partial charge in [0.2, 0.25) is 0 Å². The third-order valence-electron chi connectivity index (χ3n) is 4.33. The van der Waals surface area contributed by atoms with Crippen LogP contribution in [0.25, 0.3) is 0 Å². The summed E-state index contributed by atoms with van der Waals surface area (Å²) >= 11 is 0. The monoisotopic (exact) mass is 309 g/mol. The third kappa shape index (κ3) is 4.22. The maximum atomic E-state index is 11.8. The molecular formula is C17H27NO2S. The SMILES string of the molecule is CC(C)(C)c1ccccc1NC1CCCC(S(C)(=O)=O)C1. The molecule has 1 N–H and O–H groups in total. The molecule has 0 heterocycles. The summed E-state index contributed by atoms with van der Waals surface area (Å²) in [6, 6.07) is 8.60. The van der Waals surface area contributed by atoms with E-state index in [1.807, 2.05) is 6.07 Å². The predicted octanol–water partition coefficient (Wildman–Crippen LogP) is 3.75. The zero-order chi connectivity index (χ0) is 15.7. The predicted molar refractivity (Wildman–Crippen MR) is 89.7 cm³/mol. The molecule has 0 aliphatic heterocycles. The number of benzene rings is 1. The molecule has 3 nitrogen and oxygen atoms in total. The van der Waals surface area contributed by atoms with Crippen LogP contribution in [0.3, 0.4) is 0 Å². The zero-order valence-corrected chi connectivity index (χ0v) is 14.3. The van der Waals surface area contributed by atoms with Crippen molar-refractivity contribution < 1.29 is 8.42 Å². The fourth-order valence-electron chi connectivity index (χ4n) is 3.15. The van der Waals surface area contributed by atoms with Gasteiger partial charge in [0, 0.05) is 18.0 Å². The molecule has 0 aromatic heterocycles. The first-order valence-corrected chi connectivity index (χ1v) is 9.68. The van der Waals surface area contributed by atoms with Crippen molar-refractivity contribution in [2.24, 2.45) is 0 Å². The maximum absolute atomic E-state index is 11.8. The number of hydrogen-bond donors (Lipinski definition) is 1. The molecule has 1 aliphatic rings. The minimum absolute atomic E-state index is 0.0779. The van der Waals surface area contributed by atoms with Crippen molar-refractivity contribution in [1.29, 1.82) is 0 Å². The quantitative estimate of drug-likeness (QED) is 0.925. The van der Waals surface area contributed by atoms with E-state index in [4.69, 9.17) is 0 Å². The topological polar surface area (TPSA) is 46.2 Å². The van der Waals surface area contributed by atoms with Gasteiger partial charge in [-0.25, -0.2) is 8.42 Å². The number of rotatable bonds is 3. The van der Waals surface area contributed by atoms with Crippen LogP contribution in [0.15, 0.2) is 24.3 Å². The summed E-state index contributed by atoms with van der Waals surface area (Å²) in [5, 5.41) is 3.40. The smallest absolute Gasteiger partial charge is 0.150 e. The number of sulfone groups is 1. The minimum Gasteiger partial charge on any atom is -0.382 e. The number of hydrogen-bond acceptors (Lipinski definition) is 3. The fourth-order valence-corrected chi connectivity index (χ4v) is 4.32. The second kappa shape index (κ2) is 5.99. The average Bonchev–Trinajstić information content (AvgIpc) is 2.37. The molecule has 0 radical (unpaired) electrons. The molecule has 2 unspecified atom stereocenters. The highest BCUT2D eigenvalue weighted by atomic mass is 32.2. The van der Waals surface area contributed by atoms with Gasteiger partial charge < -0.3 is 5.32 Å². The Morgan fingerprint density at radius 3 is 2.43 bits per heavy atom. The van der Waals surface area contributed by atoms with Crippen molar-refractivity contribution in [3.8, 4) is 0 Å². The normalized spacial score (nSPS) is 23.8. The highest BCUT2D eigenvalue weighted by Gasteiger charge is 2.29. The van der Waals surface area contributed by atoms with Gasteiger partial charge in [-0.15, -0.1) is 0 Å². The van der Waals surface area contributed by atoms with Crippen molar-refractivity contribution in [2.45, 2.75) is 63.2 Å². The lowest BCUT2D eigenvalue weighted by molar-refractivity contribution is 0.452. The van der Waals surface area contributed by atoms with E-state index in [1.54, 1.807) is 0 Å². The largest absolute Gasteiger partial charge is 0.382 e. The summed E-state index contributed by atoms with van der Waals surface area (Å²) in [7, 11) is -2.93. The molecule has 0 saturated heterocycles. The van der Waals surface area contributed by atoms with Crippen LogP contribution >= 0.6 is 0 Å².